The van der Waals surface area contributed by atoms with Crippen molar-refractivity contribution in [3.05, 3.63) is 97.2 Å². The molecule has 0 N–H and O–H groups in total. The lowest BCUT2D eigenvalue weighted by Crippen LogP contribution is -2.30. The Morgan fingerprint density at radius 3 is 0.938 bits per heavy atom. The second-order valence-electron chi connectivity index (χ2n) is 17.4. The van der Waals surface area contributed by atoms with Crippen LogP contribution >= 0.6 is 0 Å². The van der Waals surface area contributed by atoms with Gasteiger partial charge < -0.3 is 14.2 Å². The van der Waals surface area contributed by atoms with Gasteiger partial charge >= 0.3 is 17.9 Å². The third-order valence-corrected chi connectivity index (χ3v) is 11.1. The molecule has 0 heterocycles. The molecule has 65 heavy (non-hydrogen) atoms. The summed E-state index contributed by atoms with van der Waals surface area (Å²) in [4.78, 5) is 38.0. The lowest BCUT2D eigenvalue weighted by molar-refractivity contribution is -0.167. The summed E-state index contributed by atoms with van der Waals surface area (Å²) in [6.07, 6.45) is 69.6. The molecule has 6 nitrogen and oxygen atoms in total. The Bertz CT molecular complexity index is 1310. The minimum absolute atomic E-state index is 0.103. The van der Waals surface area contributed by atoms with Gasteiger partial charge in [0.2, 0.25) is 0 Å². The molecular weight excluding hydrogens is 805 g/mol. The molecule has 0 rings (SSSR count). The van der Waals surface area contributed by atoms with Gasteiger partial charge in [0, 0.05) is 19.3 Å². The molecular formula is C59H98O6. The maximum Gasteiger partial charge on any atom is 0.306 e. The molecule has 0 aromatic rings. The first-order valence-electron chi connectivity index (χ1n) is 26.7. The fraction of sp³-hybridized carbons (Fsp3) is 0.678. The molecule has 0 aliphatic carbocycles. The molecule has 0 aromatic heterocycles. The van der Waals surface area contributed by atoms with Gasteiger partial charge in [-0.2, -0.15) is 0 Å². The highest BCUT2D eigenvalue weighted by atomic mass is 16.6. The van der Waals surface area contributed by atoms with Crippen molar-refractivity contribution < 1.29 is 28.6 Å². The average molecular weight is 903 g/mol. The number of hydrogen-bond donors (Lipinski definition) is 0. The quantitative estimate of drug-likeness (QED) is 0.0262. The minimum Gasteiger partial charge on any atom is -0.462 e. The fourth-order valence-electron chi connectivity index (χ4n) is 7.13. The Balaban J connectivity index is 4.47. The number of unbranched alkanes of at least 4 members (excludes halogenated alkanes) is 20. The summed E-state index contributed by atoms with van der Waals surface area (Å²) < 4.78 is 16.8. The predicted octanol–water partition coefficient (Wildman–Crippen LogP) is 17.8. The zero-order valence-corrected chi connectivity index (χ0v) is 42.2. The maximum atomic E-state index is 12.8. The second kappa shape index (κ2) is 52.9. The summed E-state index contributed by atoms with van der Waals surface area (Å²) >= 11 is 0. The second-order valence-corrected chi connectivity index (χ2v) is 17.4. The standard InChI is InChI=1S/C59H98O6/c1-4-7-10-13-16-19-22-25-27-28-29-30-32-34-37-40-43-46-49-52-58(61)64-55-56(54-63-57(60)51-48-45-42-39-36-33-24-21-18-15-12-9-6-3)65-59(62)53-50-47-44-41-38-35-31-26-23-20-17-14-11-8-5-2/h7,9-10,12,16,18-19,21,25,27,29-30,33-34,36-37,56H,4-6,8,11,13-15,17,20,22-24,26,28,31-32,35,38-55H2,1-3H3/b10-7-,12-9-,19-16-,21-18-,27-25-,30-29-,36-33-,37-34-. The smallest absolute Gasteiger partial charge is 0.306 e. The van der Waals surface area contributed by atoms with E-state index in [9.17, 15) is 14.4 Å². The lowest BCUT2D eigenvalue weighted by atomic mass is 10.0. The van der Waals surface area contributed by atoms with Crippen LogP contribution in [0, 0.1) is 0 Å². The Kier molecular flexibility index (Phi) is 50.0. The average Bonchev–Trinajstić information content (AvgIpc) is 3.30. The zero-order valence-electron chi connectivity index (χ0n) is 42.2. The Hall–Kier alpha value is -3.67. The number of hydrogen-bond acceptors (Lipinski definition) is 6. The lowest BCUT2D eigenvalue weighted by Gasteiger charge is -2.18. The highest BCUT2D eigenvalue weighted by Crippen LogP contribution is 2.15. The SMILES string of the molecule is CC/C=C\C/C=C\C/C=C\C/C=C\C/C=C\CCCCCC(=O)OCC(COC(=O)CCCCC/C=C\C/C=C\C/C=C\CC)OC(=O)CCCCCCCCCCCCCCCCC. The number of esters is 3. The summed E-state index contributed by atoms with van der Waals surface area (Å²) in [6.45, 7) is 6.36. The monoisotopic (exact) mass is 903 g/mol. The maximum absolute atomic E-state index is 12.8. The first-order chi connectivity index (χ1) is 32.0. The highest BCUT2D eigenvalue weighted by molar-refractivity contribution is 5.71. The van der Waals surface area contributed by atoms with Crippen LogP contribution in [0.1, 0.15) is 239 Å². The van der Waals surface area contributed by atoms with E-state index in [2.05, 4.69) is 118 Å². The van der Waals surface area contributed by atoms with Crippen molar-refractivity contribution >= 4 is 17.9 Å². The molecule has 0 spiro atoms. The topological polar surface area (TPSA) is 78.9 Å². The summed E-state index contributed by atoms with van der Waals surface area (Å²) in [5, 5.41) is 0. The van der Waals surface area contributed by atoms with Crippen LogP contribution in [0.3, 0.4) is 0 Å². The molecule has 0 aliphatic heterocycles. The van der Waals surface area contributed by atoms with Crippen molar-refractivity contribution in [1.29, 1.82) is 0 Å². The van der Waals surface area contributed by atoms with Crippen molar-refractivity contribution in [2.75, 3.05) is 13.2 Å². The first-order valence-corrected chi connectivity index (χ1v) is 26.7. The molecule has 0 amide bonds. The summed E-state index contributed by atoms with van der Waals surface area (Å²) in [5.74, 6) is -0.960. The van der Waals surface area contributed by atoms with E-state index in [0.717, 1.165) is 122 Å². The van der Waals surface area contributed by atoms with Crippen molar-refractivity contribution in [2.45, 2.75) is 245 Å². The number of carbonyl (C=O) groups is 3. The van der Waals surface area contributed by atoms with E-state index in [4.69, 9.17) is 14.2 Å². The van der Waals surface area contributed by atoms with Crippen LogP contribution in [0.15, 0.2) is 97.2 Å². The third kappa shape index (κ3) is 51.2. The van der Waals surface area contributed by atoms with Crippen LogP contribution in [0.2, 0.25) is 0 Å². The van der Waals surface area contributed by atoms with Gasteiger partial charge in [-0.25, -0.2) is 0 Å². The molecule has 0 saturated heterocycles. The van der Waals surface area contributed by atoms with Crippen LogP contribution < -0.4 is 0 Å². The van der Waals surface area contributed by atoms with E-state index in [1.54, 1.807) is 0 Å². The van der Waals surface area contributed by atoms with Crippen molar-refractivity contribution in [1.82, 2.24) is 0 Å². The molecule has 0 bridgehead atoms. The summed E-state index contributed by atoms with van der Waals surface area (Å²) in [7, 11) is 0. The third-order valence-electron chi connectivity index (χ3n) is 11.1. The molecule has 0 aliphatic rings. The van der Waals surface area contributed by atoms with Crippen LogP contribution in [-0.4, -0.2) is 37.2 Å². The first kappa shape index (κ1) is 61.3. The van der Waals surface area contributed by atoms with Gasteiger partial charge in [0.15, 0.2) is 6.10 Å². The van der Waals surface area contributed by atoms with Crippen molar-refractivity contribution in [3.8, 4) is 0 Å². The normalized spacial score (nSPS) is 12.8. The van der Waals surface area contributed by atoms with E-state index in [-0.39, 0.29) is 31.1 Å². The molecule has 370 valence electrons. The molecule has 0 aromatic carbocycles. The van der Waals surface area contributed by atoms with Crippen molar-refractivity contribution in [3.63, 3.8) is 0 Å². The van der Waals surface area contributed by atoms with Crippen molar-refractivity contribution in [2.24, 2.45) is 0 Å². The Labute approximate surface area is 400 Å². The van der Waals surface area contributed by atoms with Crippen LogP contribution in [0.5, 0.6) is 0 Å². The Morgan fingerprint density at radius 2 is 0.600 bits per heavy atom. The highest BCUT2D eigenvalue weighted by Gasteiger charge is 2.19. The van der Waals surface area contributed by atoms with Crippen LogP contribution in [0.25, 0.3) is 0 Å². The number of carbonyl (C=O) groups excluding carboxylic acids is 3. The van der Waals surface area contributed by atoms with E-state index in [0.29, 0.717) is 19.3 Å². The van der Waals surface area contributed by atoms with Crippen LogP contribution in [-0.2, 0) is 28.6 Å². The van der Waals surface area contributed by atoms with E-state index in [1.807, 2.05) is 0 Å². The van der Waals surface area contributed by atoms with Gasteiger partial charge in [0.25, 0.3) is 0 Å². The molecule has 1 unspecified atom stereocenters. The zero-order chi connectivity index (χ0) is 47.2. The molecule has 0 radical (unpaired) electrons. The molecule has 1 atom stereocenters. The molecule has 0 fully saturated rings. The number of ether oxygens (including phenoxy) is 3. The minimum atomic E-state index is -0.802. The summed E-state index contributed by atoms with van der Waals surface area (Å²) in [5.41, 5.74) is 0. The van der Waals surface area contributed by atoms with E-state index < -0.39 is 6.10 Å². The van der Waals surface area contributed by atoms with E-state index in [1.165, 1.54) is 77.0 Å². The van der Waals surface area contributed by atoms with Gasteiger partial charge in [0.1, 0.15) is 13.2 Å². The number of allylic oxidation sites excluding steroid dienone is 16. The fourth-order valence-corrected chi connectivity index (χ4v) is 7.13. The van der Waals surface area contributed by atoms with E-state index >= 15 is 0 Å². The van der Waals surface area contributed by atoms with Crippen LogP contribution in [0.4, 0.5) is 0 Å². The van der Waals surface area contributed by atoms with Gasteiger partial charge in [0.05, 0.1) is 0 Å². The summed E-state index contributed by atoms with van der Waals surface area (Å²) in [6, 6.07) is 0. The van der Waals surface area contributed by atoms with Gasteiger partial charge in [-0.3, -0.25) is 14.4 Å². The predicted molar refractivity (Wildman–Crippen MR) is 279 cm³/mol. The molecule has 6 heteroatoms. The Morgan fingerprint density at radius 1 is 0.323 bits per heavy atom. The number of rotatable bonds is 47. The van der Waals surface area contributed by atoms with Gasteiger partial charge in [-0.1, -0.05) is 221 Å². The molecule has 0 saturated carbocycles. The van der Waals surface area contributed by atoms with Gasteiger partial charge in [-0.05, 0) is 96.3 Å². The largest absolute Gasteiger partial charge is 0.462 e. The van der Waals surface area contributed by atoms with Gasteiger partial charge in [-0.15, -0.1) is 0 Å².